The highest BCUT2D eigenvalue weighted by Gasteiger charge is 1.96. The lowest BCUT2D eigenvalue weighted by atomic mass is 10.4. The number of hydrogen-bond acceptors (Lipinski definition) is 5. The molecule has 1 N–H and O–H groups in total. The topological polar surface area (TPSA) is 64.6 Å². The second-order valence-corrected chi connectivity index (χ2v) is 2.14. The molecule has 74 valence electrons. The molecular formula is C8H13NO4. The molecule has 0 heterocycles. The maximum atomic E-state index is 10.6. The van der Waals surface area contributed by atoms with Gasteiger partial charge < -0.3 is 14.8 Å². The quantitative estimate of drug-likeness (QED) is 0.367. The fourth-order valence-corrected chi connectivity index (χ4v) is 0.555. The zero-order valence-corrected chi connectivity index (χ0v) is 7.70. The summed E-state index contributed by atoms with van der Waals surface area (Å²) < 4.78 is 8.75. The van der Waals surface area contributed by atoms with Crippen molar-refractivity contribution in [2.75, 3.05) is 20.8 Å². The third kappa shape index (κ3) is 6.86. The van der Waals surface area contributed by atoms with E-state index in [4.69, 9.17) is 0 Å². The summed E-state index contributed by atoms with van der Waals surface area (Å²) in [6.07, 6.45) is 2.92. The van der Waals surface area contributed by atoms with E-state index in [-0.39, 0.29) is 12.4 Å². The van der Waals surface area contributed by atoms with Gasteiger partial charge in [0, 0.05) is 18.8 Å². The Morgan fingerprint density at radius 2 is 2.00 bits per heavy atom. The van der Waals surface area contributed by atoms with Crippen molar-refractivity contribution in [3.05, 3.63) is 12.3 Å². The van der Waals surface area contributed by atoms with Crippen molar-refractivity contribution in [1.29, 1.82) is 0 Å². The second kappa shape index (κ2) is 7.15. The summed E-state index contributed by atoms with van der Waals surface area (Å²) in [6.45, 7) is 0.431. The van der Waals surface area contributed by atoms with Crippen molar-refractivity contribution in [3.63, 3.8) is 0 Å². The van der Waals surface area contributed by atoms with Crippen LogP contribution in [-0.2, 0) is 19.1 Å². The van der Waals surface area contributed by atoms with Crippen molar-refractivity contribution in [1.82, 2.24) is 5.32 Å². The van der Waals surface area contributed by atoms with Gasteiger partial charge in [-0.3, -0.25) is 4.79 Å². The van der Waals surface area contributed by atoms with Gasteiger partial charge in [0.2, 0.25) is 0 Å². The van der Waals surface area contributed by atoms with Crippen LogP contribution in [0.4, 0.5) is 0 Å². The number of carbonyl (C=O) groups is 2. The first kappa shape index (κ1) is 11.5. The lowest BCUT2D eigenvalue weighted by Gasteiger charge is -1.98. The van der Waals surface area contributed by atoms with E-state index in [1.165, 1.54) is 26.5 Å². The smallest absolute Gasteiger partial charge is 0.331 e. The summed E-state index contributed by atoms with van der Waals surface area (Å²) in [6, 6.07) is 0. The Kier molecular flexibility index (Phi) is 6.31. The molecule has 0 spiro atoms. The Labute approximate surface area is 76.7 Å². The van der Waals surface area contributed by atoms with Crippen LogP contribution in [0.5, 0.6) is 0 Å². The van der Waals surface area contributed by atoms with Crippen LogP contribution in [0.15, 0.2) is 12.3 Å². The fourth-order valence-electron chi connectivity index (χ4n) is 0.555. The highest BCUT2D eigenvalue weighted by atomic mass is 16.5. The van der Waals surface area contributed by atoms with Gasteiger partial charge >= 0.3 is 11.9 Å². The standard InChI is InChI=1S/C8H13NO4/c1-12-7(10)3-5-9-6-4-8(11)13-2/h3,5,9H,4,6H2,1-2H3/b5-3+. The van der Waals surface area contributed by atoms with Crippen molar-refractivity contribution < 1.29 is 19.1 Å². The van der Waals surface area contributed by atoms with Gasteiger partial charge in [0.05, 0.1) is 20.6 Å². The first-order chi connectivity index (χ1) is 6.20. The van der Waals surface area contributed by atoms with Crippen molar-refractivity contribution in [2.24, 2.45) is 0 Å². The maximum absolute atomic E-state index is 10.6. The molecule has 0 bridgehead atoms. The number of ether oxygens (including phenoxy) is 2. The van der Waals surface area contributed by atoms with Crippen LogP contribution in [0, 0.1) is 0 Å². The molecule has 0 fully saturated rings. The molecule has 0 amide bonds. The molecule has 0 saturated heterocycles. The first-order valence-electron chi connectivity index (χ1n) is 3.75. The van der Waals surface area contributed by atoms with Gasteiger partial charge in [-0.05, 0) is 0 Å². The number of hydrogen-bond donors (Lipinski definition) is 1. The van der Waals surface area contributed by atoms with E-state index >= 15 is 0 Å². The van der Waals surface area contributed by atoms with E-state index in [2.05, 4.69) is 14.8 Å². The highest BCUT2D eigenvalue weighted by molar-refractivity contribution is 5.81. The minimum atomic E-state index is -0.439. The second-order valence-electron chi connectivity index (χ2n) is 2.14. The SMILES string of the molecule is COC(=O)/C=C/NCCC(=O)OC. The number of carbonyl (C=O) groups excluding carboxylic acids is 2. The summed E-state index contributed by atoms with van der Waals surface area (Å²) >= 11 is 0. The minimum Gasteiger partial charge on any atom is -0.469 e. The summed E-state index contributed by atoms with van der Waals surface area (Å²) in [5, 5.41) is 2.73. The van der Waals surface area contributed by atoms with Crippen molar-refractivity contribution in [2.45, 2.75) is 6.42 Å². The Balaban J connectivity index is 3.40. The van der Waals surface area contributed by atoms with E-state index in [9.17, 15) is 9.59 Å². The van der Waals surface area contributed by atoms with Crippen LogP contribution in [-0.4, -0.2) is 32.7 Å². The predicted molar refractivity (Wildman–Crippen MR) is 45.8 cm³/mol. The zero-order valence-electron chi connectivity index (χ0n) is 7.70. The largest absolute Gasteiger partial charge is 0.469 e. The molecular weight excluding hydrogens is 174 g/mol. The van der Waals surface area contributed by atoms with E-state index in [0.717, 1.165) is 0 Å². The molecule has 0 aromatic heterocycles. The van der Waals surface area contributed by atoms with Crippen LogP contribution >= 0.6 is 0 Å². The Bertz CT molecular complexity index is 200. The molecule has 0 aliphatic carbocycles. The Morgan fingerprint density at radius 1 is 1.31 bits per heavy atom. The van der Waals surface area contributed by atoms with Gasteiger partial charge in [0.1, 0.15) is 0 Å². The highest BCUT2D eigenvalue weighted by Crippen LogP contribution is 1.81. The van der Waals surface area contributed by atoms with E-state index in [0.29, 0.717) is 6.54 Å². The Morgan fingerprint density at radius 3 is 2.54 bits per heavy atom. The number of rotatable bonds is 5. The molecule has 0 aliphatic rings. The van der Waals surface area contributed by atoms with Gasteiger partial charge in [-0.25, -0.2) is 4.79 Å². The van der Waals surface area contributed by atoms with Crippen LogP contribution in [0.3, 0.4) is 0 Å². The molecule has 0 aromatic carbocycles. The fraction of sp³-hybridized carbons (Fsp3) is 0.500. The molecule has 0 aromatic rings. The molecule has 5 nitrogen and oxygen atoms in total. The predicted octanol–water partition coefficient (Wildman–Crippen LogP) is -0.174. The lowest BCUT2D eigenvalue weighted by molar-refractivity contribution is -0.140. The van der Waals surface area contributed by atoms with Crippen LogP contribution in [0.1, 0.15) is 6.42 Å². The molecule has 0 atom stereocenters. The lowest BCUT2D eigenvalue weighted by Crippen LogP contribution is -2.13. The average Bonchev–Trinajstić information content (AvgIpc) is 2.16. The summed E-state index contributed by atoms with van der Waals surface area (Å²) in [5.41, 5.74) is 0. The van der Waals surface area contributed by atoms with Crippen molar-refractivity contribution in [3.8, 4) is 0 Å². The molecule has 5 heteroatoms. The monoisotopic (exact) mass is 187 g/mol. The summed E-state index contributed by atoms with van der Waals surface area (Å²) in [5.74, 6) is -0.732. The van der Waals surface area contributed by atoms with E-state index in [1.807, 2.05) is 0 Å². The third-order valence-electron chi connectivity index (χ3n) is 1.24. The first-order valence-corrected chi connectivity index (χ1v) is 3.75. The summed E-state index contributed by atoms with van der Waals surface area (Å²) in [7, 11) is 2.62. The molecule has 0 unspecified atom stereocenters. The van der Waals surface area contributed by atoms with Gasteiger partial charge in [0.15, 0.2) is 0 Å². The van der Waals surface area contributed by atoms with Gasteiger partial charge in [-0.2, -0.15) is 0 Å². The molecule has 0 rings (SSSR count). The normalized spacial score (nSPS) is 9.69. The zero-order chi connectivity index (χ0) is 10.1. The molecule has 13 heavy (non-hydrogen) atoms. The van der Waals surface area contributed by atoms with Gasteiger partial charge in [-0.15, -0.1) is 0 Å². The molecule has 0 radical (unpaired) electrons. The number of methoxy groups -OCH3 is 2. The molecule has 0 aliphatic heterocycles. The molecule has 0 saturated carbocycles. The van der Waals surface area contributed by atoms with E-state index < -0.39 is 5.97 Å². The third-order valence-corrected chi connectivity index (χ3v) is 1.24. The van der Waals surface area contributed by atoms with Crippen LogP contribution < -0.4 is 5.32 Å². The van der Waals surface area contributed by atoms with Crippen LogP contribution in [0.2, 0.25) is 0 Å². The van der Waals surface area contributed by atoms with Crippen molar-refractivity contribution >= 4 is 11.9 Å². The minimum absolute atomic E-state index is 0.266. The average molecular weight is 187 g/mol. The number of esters is 2. The van der Waals surface area contributed by atoms with Gasteiger partial charge in [-0.1, -0.05) is 0 Å². The van der Waals surface area contributed by atoms with E-state index in [1.54, 1.807) is 0 Å². The van der Waals surface area contributed by atoms with Gasteiger partial charge in [0.25, 0.3) is 0 Å². The maximum Gasteiger partial charge on any atom is 0.331 e. The van der Waals surface area contributed by atoms with Crippen LogP contribution in [0.25, 0.3) is 0 Å². The summed E-state index contributed by atoms with van der Waals surface area (Å²) in [4.78, 5) is 21.1. The number of nitrogens with one attached hydrogen (secondary N) is 1. The Hall–Kier alpha value is -1.52.